The summed E-state index contributed by atoms with van der Waals surface area (Å²) in [5.41, 5.74) is 1.88. The second-order valence-corrected chi connectivity index (χ2v) is 6.42. The van der Waals surface area contributed by atoms with Gasteiger partial charge in [0.2, 0.25) is 0 Å². The first-order valence-corrected chi connectivity index (χ1v) is 8.10. The fourth-order valence-corrected chi connectivity index (χ4v) is 3.51. The number of nitrogens with one attached hydrogen (secondary N) is 1. The summed E-state index contributed by atoms with van der Waals surface area (Å²) in [6, 6.07) is 5.70. The van der Waals surface area contributed by atoms with Gasteiger partial charge in [-0.2, -0.15) is 0 Å². The summed E-state index contributed by atoms with van der Waals surface area (Å²) < 4.78 is 19.6. The molecule has 1 heterocycles. The van der Waals surface area contributed by atoms with E-state index >= 15 is 0 Å². The molecule has 2 rings (SSSR count). The molecule has 1 aliphatic heterocycles. The molecule has 118 valence electrons. The molecule has 0 spiro atoms. The summed E-state index contributed by atoms with van der Waals surface area (Å²) >= 11 is 0. The van der Waals surface area contributed by atoms with Gasteiger partial charge in [-0.25, -0.2) is 4.39 Å². The van der Waals surface area contributed by atoms with Crippen molar-refractivity contribution in [3.63, 3.8) is 0 Å². The Morgan fingerprint density at radius 2 is 1.95 bits per heavy atom. The number of hydrogen-bond acceptors (Lipinski definition) is 2. The molecule has 21 heavy (non-hydrogen) atoms. The molecule has 5 atom stereocenters. The van der Waals surface area contributed by atoms with Crippen molar-refractivity contribution >= 4 is 0 Å². The van der Waals surface area contributed by atoms with Crippen molar-refractivity contribution in [2.45, 2.75) is 59.3 Å². The minimum atomic E-state index is -0.134. The van der Waals surface area contributed by atoms with Crippen LogP contribution in [0.2, 0.25) is 0 Å². The molecule has 0 aliphatic carbocycles. The molecule has 3 heteroatoms. The van der Waals surface area contributed by atoms with E-state index in [0.717, 1.165) is 13.0 Å². The quantitative estimate of drug-likeness (QED) is 0.877. The van der Waals surface area contributed by atoms with Crippen molar-refractivity contribution < 1.29 is 9.13 Å². The highest BCUT2D eigenvalue weighted by Crippen LogP contribution is 2.40. The Morgan fingerprint density at radius 3 is 2.48 bits per heavy atom. The van der Waals surface area contributed by atoms with E-state index in [1.165, 1.54) is 5.56 Å². The molecule has 1 fully saturated rings. The topological polar surface area (TPSA) is 21.3 Å². The van der Waals surface area contributed by atoms with Gasteiger partial charge in [-0.3, -0.25) is 0 Å². The Kier molecular flexibility index (Phi) is 5.39. The summed E-state index contributed by atoms with van der Waals surface area (Å²) in [6.45, 7) is 11.5. The number of ether oxygens (including phenoxy) is 1. The fourth-order valence-electron chi connectivity index (χ4n) is 3.51. The predicted octanol–water partition coefficient (Wildman–Crippen LogP) is 4.23. The van der Waals surface area contributed by atoms with Crippen LogP contribution in [-0.4, -0.2) is 18.8 Å². The zero-order valence-electron chi connectivity index (χ0n) is 13.8. The molecule has 1 N–H and O–H groups in total. The van der Waals surface area contributed by atoms with Gasteiger partial charge in [-0.05, 0) is 56.8 Å². The lowest BCUT2D eigenvalue weighted by Gasteiger charge is -2.30. The third-order valence-electron chi connectivity index (χ3n) is 4.86. The fraction of sp³-hybridized carbons (Fsp3) is 0.667. The second kappa shape index (κ2) is 6.89. The molecule has 0 aromatic heterocycles. The first-order chi connectivity index (χ1) is 9.95. The van der Waals surface area contributed by atoms with Gasteiger partial charge in [0, 0.05) is 12.0 Å². The van der Waals surface area contributed by atoms with Gasteiger partial charge in [0.1, 0.15) is 5.82 Å². The zero-order valence-corrected chi connectivity index (χ0v) is 13.8. The van der Waals surface area contributed by atoms with Gasteiger partial charge in [0.05, 0.1) is 12.2 Å². The predicted molar refractivity (Wildman–Crippen MR) is 84.8 cm³/mol. The third-order valence-corrected chi connectivity index (χ3v) is 4.86. The van der Waals surface area contributed by atoms with E-state index < -0.39 is 0 Å². The third kappa shape index (κ3) is 3.46. The highest BCUT2D eigenvalue weighted by molar-refractivity contribution is 5.27. The van der Waals surface area contributed by atoms with E-state index in [-0.39, 0.29) is 24.1 Å². The van der Waals surface area contributed by atoms with Crippen LogP contribution < -0.4 is 5.32 Å². The summed E-state index contributed by atoms with van der Waals surface area (Å²) in [7, 11) is 0. The van der Waals surface area contributed by atoms with Crippen molar-refractivity contribution in [3.05, 3.63) is 35.1 Å². The Balaban J connectivity index is 2.31. The van der Waals surface area contributed by atoms with Crippen LogP contribution in [0.25, 0.3) is 0 Å². The van der Waals surface area contributed by atoms with E-state index in [2.05, 4.69) is 33.0 Å². The van der Waals surface area contributed by atoms with Crippen LogP contribution in [0.3, 0.4) is 0 Å². The van der Waals surface area contributed by atoms with Crippen molar-refractivity contribution in [2.24, 2.45) is 11.8 Å². The molecule has 1 aromatic rings. The minimum absolute atomic E-state index is 0.134. The van der Waals surface area contributed by atoms with Crippen molar-refractivity contribution in [1.29, 1.82) is 0 Å². The maximum absolute atomic E-state index is 13.6. The van der Waals surface area contributed by atoms with Crippen LogP contribution in [0.1, 0.15) is 51.3 Å². The number of benzene rings is 1. The average Bonchev–Trinajstić information content (AvgIpc) is 2.69. The SMILES string of the molecule is CCCNC(c1ccc(F)c(C)c1)C1C(C)OC(C)C1C. The molecule has 0 amide bonds. The van der Waals surface area contributed by atoms with E-state index in [9.17, 15) is 4.39 Å². The summed E-state index contributed by atoms with van der Waals surface area (Å²) in [5, 5.41) is 3.65. The summed E-state index contributed by atoms with van der Waals surface area (Å²) in [6.07, 6.45) is 1.58. The first kappa shape index (κ1) is 16.4. The van der Waals surface area contributed by atoms with Gasteiger partial charge in [-0.15, -0.1) is 0 Å². The van der Waals surface area contributed by atoms with Gasteiger partial charge in [0.15, 0.2) is 0 Å². The lowest BCUT2D eigenvalue weighted by molar-refractivity contribution is 0.0475. The molecule has 1 aromatic carbocycles. The molecule has 0 bridgehead atoms. The summed E-state index contributed by atoms with van der Waals surface area (Å²) in [5.74, 6) is 0.765. The smallest absolute Gasteiger partial charge is 0.126 e. The second-order valence-electron chi connectivity index (χ2n) is 6.42. The van der Waals surface area contributed by atoms with Crippen molar-refractivity contribution in [1.82, 2.24) is 5.32 Å². The van der Waals surface area contributed by atoms with Crippen LogP contribution >= 0.6 is 0 Å². The molecule has 2 nitrogen and oxygen atoms in total. The maximum Gasteiger partial charge on any atom is 0.126 e. The Morgan fingerprint density at radius 1 is 1.24 bits per heavy atom. The van der Waals surface area contributed by atoms with Crippen LogP contribution in [0, 0.1) is 24.6 Å². The first-order valence-electron chi connectivity index (χ1n) is 8.10. The van der Waals surface area contributed by atoms with E-state index in [1.54, 1.807) is 6.07 Å². The van der Waals surface area contributed by atoms with Gasteiger partial charge >= 0.3 is 0 Å². The molecule has 0 radical (unpaired) electrons. The van der Waals surface area contributed by atoms with Gasteiger partial charge in [-0.1, -0.05) is 26.0 Å². The van der Waals surface area contributed by atoms with Crippen LogP contribution in [-0.2, 0) is 4.74 Å². The Hall–Kier alpha value is -0.930. The standard InChI is InChI=1S/C18H28FNO/c1-6-9-20-18(15-7-8-16(19)11(2)10-15)17-12(3)13(4)21-14(17)5/h7-8,10,12-14,17-18,20H,6,9H2,1-5H3. The van der Waals surface area contributed by atoms with Crippen molar-refractivity contribution in [3.8, 4) is 0 Å². The number of aryl methyl sites for hydroxylation is 1. The molecule has 5 unspecified atom stereocenters. The van der Waals surface area contributed by atoms with Gasteiger partial charge < -0.3 is 10.1 Å². The van der Waals surface area contributed by atoms with Crippen LogP contribution in [0.5, 0.6) is 0 Å². The Bertz CT molecular complexity index is 476. The highest BCUT2D eigenvalue weighted by Gasteiger charge is 2.42. The van der Waals surface area contributed by atoms with Crippen LogP contribution in [0.15, 0.2) is 18.2 Å². The van der Waals surface area contributed by atoms with Crippen molar-refractivity contribution in [2.75, 3.05) is 6.54 Å². The normalized spacial score (nSPS) is 30.6. The average molecular weight is 293 g/mol. The molecule has 0 saturated carbocycles. The number of halogens is 1. The molecular formula is C18H28FNO. The zero-order chi connectivity index (χ0) is 15.6. The molecule has 1 saturated heterocycles. The Labute approximate surface area is 128 Å². The lowest BCUT2D eigenvalue weighted by Crippen LogP contribution is -2.35. The molecular weight excluding hydrogens is 265 g/mol. The highest BCUT2D eigenvalue weighted by atomic mass is 19.1. The van der Waals surface area contributed by atoms with E-state index in [1.807, 2.05) is 19.1 Å². The van der Waals surface area contributed by atoms with E-state index in [4.69, 9.17) is 4.74 Å². The largest absolute Gasteiger partial charge is 0.375 e. The summed E-state index contributed by atoms with van der Waals surface area (Å²) in [4.78, 5) is 0. The monoisotopic (exact) mass is 293 g/mol. The van der Waals surface area contributed by atoms with E-state index in [0.29, 0.717) is 17.4 Å². The van der Waals surface area contributed by atoms with Crippen LogP contribution in [0.4, 0.5) is 4.39 Å². The maximum atomic E-state index is 13.6. The van der Waals surface area contributed by atoms with Gasteiger partial charge in [0.25, 0.3) is 0 Å². The molecule has 1 aliphatic rings. The lowest BCUT2D eigenvalue weighted by atomic mass is 9.80. The number of hydrogen-bond donors (Lipinski definition) is 1. The minimum Gasteiger partial charge on any atom is -0.375 e. The number of rotatable bonds is 5.